The number of rotatable bonds is 2. The van der Waals surface area contributed by atoms with Crippen molar-refractivity contribution in [3.8, 4) is 0 Å². The zero-order valence-corrected chi connectivity index (χ0v) is 10.7. The van der Waals surface area contributed by atoms with Crippen LogP contribution in [0.1, 0.15) is 36.0 Å². The van der Waals surface area contributed by atoms with Crippen LogP contribution in [0.4, 0.5) is 0 Å². The third-order valence-electron chi connectivity index (χ3n) is 3.86. The Morgan fingerprint density at radius 1 is 1.26 bits per heavy atom. The number of hydrogen-bond acceptors (Lipinski definition) is 2. The minimum atomic E-state index is -0.409. The third-order valence-corrected chi connectivity index (χ3v) is 3.86. The van der Waals surface area contributed by atoms with Gasteiger partial charge in [-0.2, -0.15) is 0 Å². The molecule has 1 aliphatic carbocycles. The molecule has 1 aromatic carbocycles. The molecule has 0 aliphatic heterocycles. The summed E-state index contributed by atoms with van der Waals surface area (Å²) in [4.78, 5) is 15.3. The molecule has 0 spiro atoms. The number of carbonyl (C=O) groups is 1. The molecular formula is C15H18N2O2. The first kappa shape index (κ1) is 12.2. The quantitative estimate of drug-likeness (QED) is 0.773. The van der Waals surface area contributed by atoms with E-state index in [1.54, 1.807) is 0 Å². The predicted molar refractivity (Wildman–Crippen MR) is 74.0 cm³/mol. The molecule has 19 heavy (non-hydrogen) atoms. The summed E-state index contributed by atoms with van der Waals surface area (Å²) < 4.78 is 0. The maximum absolute atomic E-state index is 12.2. The molecule has 0 unspecified atom stereocenters. The van der Waals surface area contributed by atoms with Gasteiger partial charge in [-0.05, 0) is 37.1 Å². The number of hydrogen-bond donors (Lipinski definition) is 3. The molecule has 2 atom stereocenters. The van der Waals surface area contributed by atoms with E-state index in [2.05, 4.69) is 10.3 Å². The average molecular weight is 258 g/mol. The van der Waals surface area contributed by atoms with E-state index in [9.17, 15) is 9.90 Å². The van der Waals surface area contributed by atoms with Crippen molar-refractivity contribution >= 4 is 16.8 Å². The first-order valence-electron chi connectivity index (χ1n) is 6.80. The van der Waals surface area contributed by atoms with Crippen LogP contribution >= 0.6 is 0 Å². The van der Waals surface area contributed by atoms with Crippen LogP contribution in [0, 0.1) is 0 Å². The fraction of sp³-hybridized carbons (Fsp3) is 0.400. The van der Waals surface area contributed by atoms with Crippen LogP contribution in [-0.4, -0.2) is 28.1 Å². The van der Waals surface area contributed by atoms with E-state index in [0.717, 1.165) is 36.6 Å². The summed E-state index contributed by atoms with van der Waals surface area (Å²) in [6.45, 7) is 0. The molecule has 0 saturated heterocycles. The highest BCUT2D eigenvalue weighted by Crippen LogP contribution is 2.19. The maximum atomic E-state index is 12.2. The number of nitrogens with one attached hydrogen (secondary N) is 2. The number of amides is 1. The van der Waals surface area contributed by atoms with Crippen molar-refractivity contribution in [3.05, 3.63) is 36.0 Å². The molecule has 3 N–H and O–H groups in total. The van der Waals surface area contributed by atoms with Gasteiger partial charge in [0.1, 0.15) is 0 Å². The Morgan fingerprint density at radius 3 is 2.95 bits per heavy atom. The second kappa shape index (κ2) is 5.05. The molecule has 1 aromatic heterocycles. The van der Waals surface area contributed by atoms with Gasteiger partial charge in [0, 0.05) is 22.7 Å². The molecular weight excluding hydrogens is 240 g/mol. The van der Waals surface area contributed by atoms with Gasteiger partial charge in [-0.3, -0.25) is 4.79 Å². The SMILES string of the molecule is O=C(N[C@H]1CCCC[C@@H]1O)c1ccc2[nH]ccc2c1. The lowest BCUT2D eigenvalue weighted by molar-refractivity contribution is 0.0717. The highest BCUT2D eigenvalue weighted by Gasteiger charge is 2.24. The van der Waals surface area contributed by atoms with E-state index in [1.807, 2.05) is 30.5 Å². The van der Waals surface area contributed by atoms with Gasteiger partial charge in [0.2, 0.25) is 0 Å². The van der Waals surface area contributed by atoms with Crippen molar-refractivity contribution < 1.29 is 9.90 Å². The zero-order valence-electron chi connectivity index (χ0n) is 10.7. The molecule has 4 nitrogen and oxygen atoms in total. The van der Waals surface area contributed by atoms with Gasteiger partial charge in [-0.15, -0.1) is 0 Å². The second-order valence-corrected chi connectivity index (χ2v) is 5.21. The summed E-state index contributed by atoms with van der Waals surface area (Å²) in [5.74, 6) is -0.103. The first-order chi connectivity index (χ1) is 9.24. The largest absolute Gasteiger partial charge is 0.391 e. The van der Waals surface area contributed by atoms with Crippen LogP contribution in [0.5, 0.6) is 0 Å². The summed E-state index contributed by atoms with van der Waals surface area (Å²) >= 11 is 0. The van der Waals surface area contributed by atoms with E-state index in [0.29, 0.717) is 5.56 Å². The van der Waals surface area contributed by atoms with Crippen LogP contribution in [-0.2, 0) is 0 Å². The van der Waals surface area contributed by atoms with Gasteiger partial charge in [-0.25, -0.2) is 0 Å². The average Bonchev–Trinajstić information content (AvgIpc) is 2.88. The lowest BCUT2D eigenvalue weighted by Crippen LogP contribution is -2.45. The minimum Gasteiger partial charge on any atom is -0.391 e. The maximum Gasteiger partial charge on any atom is 0.251 e. The van der Waals surface area contributed by atoms with Gasteiger partial charge < -0.3 is 15.4 Å². The lowest BCUT2D eigenvalue weighted by Gasteiger charge is -2.28. The highest BCUT2D eigenvalue weighted by atomic mass is 16.3. The van der Waals surface area contributed by atoms with E-state index < -0.39 is 6.10 Å². The van der Waals surface area contributed by atoms with Gasteiger partial charge >= 0.3 is 0 Å². The molecule has 0 radical (unpaired) electrons. The molecule has 0 bridgehead atoms. The Hall–Kier alpha value is -1.81. The smallest absolute Gasteiger partial charge is 0.251 e. The van der Waals surface area contributed by atoms with Crippen LogP contribution in [0.25, 0.3) is 10.9 Å². The number of aromatic nitrogens is 1. The summed E-state index contributed by atoms with van der Waals surface area (Å²) in [5.41, 5.74) is 1.67. The van der Waals surface area contributed by atoms with E-state index in [4.69, 9.17) is 0 Å². The van der Waals surface area contributed by atoms with Crippen LogP contribution < -0.4 is 5.32 Å². The number of fused-ring (bicyclic) bond motifs is 1. The van der Waals surface area contributed by atoms with Gasteiger partial charge in [-0.1, -0.05) is 12.8 Å². The molecule has 1 fully saturated rings. The van der Waals surface area contributed by atoms with Crippen molar-refractivity contribution in [2.24, 2.45) is 0 Å². The Bertz CT molecular complexity index is 591. The second-order valence-electron chi connectivity index (χ2n) is 5.21. The van der Waals surface area contributed by atoms with Crippen LogP contribution in [0.3, 0.4) is 0 Å². The number of aliphatic hydroxyl groups excluding tert-OH is 1. The lowest BCUT2D eigenvalue weighted by atomic mass is 9.92. The summed E-state index contributed by atoms with van der Waals surface area (Å²) in [6.07, 6.45) is 5.20. The summed E-state index contributed by atoms with van der Waals surface area (Å²) in [5, 5.41) is 13.9. The summed E-state index contributed by atoms with van der Waals surface area (Å²) in [7, 11) is 0. The fourth-order valence-electron chi connectivity index (χ4n) is 2.73. The Balaban J connectivity index is 1.75. The summed E-state index contributed by atoms with van der Waals surface area (Å²) in [6, 6.07) is 7.42. The third kappa shape index (κ3) is 2.49. The van der Waals surface area contributed by atoms with E-state index in [1.165, 1.54) is 0 Å². The van der Waals surface area contributed by atoms with Gasteiger partial charge in [0.05, 0.1) is 12.1 Å². The van der Waals surface area contributed by atoms with Gasteiger partial charge in [0.15, 0.2) is 0 Å². The number of benzene rings is 1. The highest BCUT2D eigenvalue weighted by molar-refractivity contribution is 5.98. The normalized spacial score (nSPS) is 23.4. The van der Waals surface area contributed by atoms with Crippen LogP contribution in [0.15, 0.2) is 30.5 Å². The standard InChI is InChI=1S/C15H18N2O2/c18-14-4-2-1-3-13(14)17-15(19)11-5-6-12-10(9-11)7-8-16-12/h5-9,13-14,16,18H,1-4H2,(H,17,19)/t13-,14-/m0/s1. The Morgan fingerprint density at radius 2 is 2.11 bits per heavy atom. The van der Waals surface area contributed by atoms with E-state index in [-0.39, 0.29) is 11.9 Å². The predicted octanol–water partition coefficient (Wildman–Crippen LogP) is 2.20. The van der Waals surface area contributed by atoms with Crippen molar-refractivity contribution in [3.63, 3.8) is 0 Å². The molecule has 2 aromatic rings. The fourth-order valence-corrected chi connectivity index (χ4v) is 2.73. The Labute approximate surface area is 111 Å². The van der Waals surface area contributed by atoms with E-state index >= 15 is 0 Å². The van der Waals surface area contributed by atoms with Crippen LogP contribution in [0.2, 0.25) is 0 Å². The minimum absolute atomic E-state index is 0.103. The van der Waals surface area contributed by atoms with Gasteiger partial charge in [0.25, 0.3) is 5.91 Å². The first-order valence-corrected chi connectivity index (χ1v) is 6.80. The van der Waals surface area contributed by atoms with Crippen molar-refractivity contribution in [1.82, 2.24) is 10.3 Å². The Kier molecular flexibility index (Phi) is 3.25. The topological polar surface area (TPSA) is 65.1 Å². The monoisotopic (exact) mass is 258 g/mol. The zero-order chi connectivity index (χ0) is 13.2. The molecule has 1 amide bonds. The number of carbonyl (C=O) groups excluding carboxylic acids is 1. The molecule has 4 heteroatoms. The molecule has 1 aliphatic rings. The molecule has 3 rings (SSSR count). The number of aromatic amines is 1. The molecule has 100 valence electrons. The van der Waals surface area contributed by atoms with Crippen molar-refractivity contribution in [1.29, 1.82) is 0 Å². The molecule has 1 heterocycles. The molecule has 1 saturated carbocycles. The van der Waals surface area contributed by atoms with Crippen molar-refractivity contribution in [2.45, 2.75) is 37.8 Å². The number of aliphatic hydroxyl groups is 1. The number of H-pyrrole nitrogens is 1. The van der Waals surface area contributed by atoms with Crippen molar-refractivity contribution in [2.75, 3.05) is 0 Å².